The van der Waals surface area contributed by atoms with Crippen LogP contribution in [0.3, 0.4) is 0 Å². The molecule has 4 unspecified atom stereocenters. The van der Waals surface area contributed by atoms with Crippen LogP contribution in [0, 0.1) is 11.8 Å². The predicted octanol–water partition coefficient (Wildman–Crippen LogP) is 4.45. The summed E-state index contributed by atoms with van der Waals surface area (Å²) in [5.74, 6) is 1.82. The minimum absolute atomic E-state index is 0.783. The highest BCUT2D eigenvalue weighted by molar-refractivity contribution is 4.88. The molecule has 0 aromatic rings. The van der Waals surface area contributed by atoms with E-state index >= 15 is 0 Å². The Hall–Kier alpha value is -0.0800. The molecule has 1 saturated carbocycles. The van der Waals surface area contributed by atoms with Crippen LogP contribution in [0.1, 0.15) is 78.6 Å². The summed E-state index contributed by atoms with van der Waals surface area (Å²) in [6.45, 7) is 11.0. The number of hydrogen-bond donors (Lipinski definition) is 1. The van der Waals surface area contributed by atoms with Gasteiger partial charge < -0.3 is 10.2 Å². The molecule has 0 radical (unpaired) electrons. The molecule has 1 saturated heterocycles. The topological polar surface area (TPSA) is 15.3 Å². The molecule has 2 nitrogen and oxygen atoms in total. The lowest BCUT2D eigenvalue weighted by molar-refractivity contribution is 0.0839. The van der Waals surface area contributed by atoms with Crippen molar-refractivity contribution in [3.8, 4) is 0 Å². The number of likely N-dealkylation sites (tertiary alicyclic amines) is 1. The zero-order valence-corrected chi connectivity index (χ0v) is 14.7. The lowest BCUT2D eigenvalue weighted by Crippen LogP contribution is -2.49. The smallest absolute Gasteiger partial charge is 0.0108 e. The van der Waals surface area contributed by atoms with Crippen LogP contribution in [0.15, 0.2) is 0 Å². The molecule has 1 N–H and O–H groups in total. The molecule has 0 aromatic carbocycles. The molecule has 2 rings (SSSR count). The summed E-state index contributed by atoms with van der Waals surface area (Å²) in [5.41, 5.74) is 0. The second kappa shape index (κ2) is 9.15. The van der Waals surface area contributed by atoms with Crippen LogP contribution in [0.25, 0.3) is 0 Å². The van der Waals surface area contributed by atoms with Crippen molar-refractivity contribution >= 4 is 0 Å². The number of rotatable bonds is 7. The average Bonchev–Trinajstić information content (AvgIpc) is 2.49. The molecular formula is C19H38N2. The fourth-order valence-corrected chi connectivity index (χ4v) is 4.56. The standard InChI is InChI=1S/C19H38N2/c1-4-8-18-9-6-7-13-21(18)15-17-14-16(3)10-11-19(17)20-12-5-2/h16-20H,4-15H2,1-3H3. The second-order valence-electron chi connectivity index (χ2n) is 7.67. The molecule has 4 atom stereocenters. The SMILES string of the molecule is CCCNC1CCC(C)CC1CN1CCCCC1CCC. The minimum atomic E-state index is 0.783. The van der Waals surface area contributed by atoms with Crippen molar-refractivity contribution in [2.45, 2.75) is 90.6 Å². The molecule has 1 heterocycles. The number of nitrogens with one attached hydrogen (secondary N) is 1. The molecule has 2 aliphatic rings. The molecular weight excluding hydrogens is 256 g/mol. The lowest BCUT2D eigenvalue weighted by atomic mass is 9.78. The summed E-state index contributed by atoms with van der Waals surface area (Å²) in [5, 5.41) is 3.85. The second-order valence-corrected chi connectivity index (χ2v) is 7.67. The fourth-order valence-electron chi connectivity index (χ4n) is 4.56. The Labute approximate surface area is 133 Å². The van der Waals surface area contributed by atoms with Crippen LogP contribution in [0.4, 0.5) is 0 Å². The summed E-state index contributed by atoms with van der Waals surface area (Å²) in [6.07, 6.45) is 12.6. The lowest BCUT2D eigenvalue weighted by Gasteiger charge is -2.43. The van der Waals surface area contributed by atoms with Gasteiger partial charge in [0.05, 0.1) is 0 Å². The maximum Gasteiger partial charge on any atom is 0.0108 e. The van der Waals surface area contributed by atoms with Gasteiger partial charge in [0.25, 0.3) is 0 Å². The normalized spacial score (nSPS) is 35.0. The first kappa shape index (κ1) is 17.3. The van der Waals surface area contributed by atoms with Gasteiger partial charge in [0.15, 0.2) is 0 Å². The molecule has 21 heavy (non-hydrogen) atoms. The Balaban J connectivity index is 1.92. The van der Waals surface area contributed by atoms with Crippen molar-refractivity contribution in [1.82, 2.24) is 10.2 Å². The van der Waals surface area contributed by atoms with Crippen LogP contribution in [0.2, 0.25) is 0 Å². The minimum Gasteiger partial charge on any atom is -0.314 e. The van der Waals surface area contributed by atoms with Crippen LogP contribution in [0.5, 0.6) is 0 Å². The van der Waals surface area contributed by atoms with E-state index in [1.807, 2.05) is 0 Å². The van der Waals surface area contributed by atoms with Crippen LogP contribution in [-0.2, 0) is 0 Å². The van der Waals surface area contributed by atoms with E-state index in [9.17, 15) is 0 Å². The third-order valence-corrected chi connectivity index (χ3v) is 5.74. The molecule has 124 valence electrons. The van der Waals surface area contributed by atoms with E-state index in [0.717, 1.165) is 23.9 Å². The summed E-state index contributed by atoms with van der Waals surface area (Å²) in [7, 11) is 0. The molecule has 2 fully saturated rings. The maximum atomic E-state index is 3.85. The van der Waals surface area contributed by atoms with E-state index in [4.69, 9.17) is 0 Å². The van der Waals surface area contributed by atoms with E-state index in [1.54, 1.807) is 0 Å². The summed E-state index contributed by atoms with van der Waals surface area (Å²) >= 11 is 0. The first-order valence-electron chi connectivity index (χ1n) is 9.72. The van der Waals surface area contributed by atoms with E-state index in [0.29, 0.717) is 0 Å². The Kier molecular flexibility index (Phi) is 7.53. The maximum absolute atomic E-state index is 3.85. The average molecular weight is 295 g/mol. The first-order chi connectivity index (χ1) is 10.2. The predicted molar refractivity (Wildman–Crippen MR) is 92.7 cm³/mol. The first-order valence-corrected chi connectivity index (χ1v) is 9.72. The molecule has 1 aliphatic heterocycles. The highest BCUT2D eigenvalue weighted by Gasteiger charge is 2.32. The van der Waals surface area contributed by atoms with Crippen molar-refractivity contribution in [3.05, 3.63) is 0 Å². The number of hydrogen-bond acceptors (Lipinski definition) is 2. The highest BCUT2D eigenvalue weighted by Crippen LogP contribution is 2.32. The molecule has 0 bridgehead atoms. The van der Waals surface area contributed by atoms with Crippen molar-refractivity contribution in [1.29, 1.82) is 0 Å². The number of piperidine rings is 1. The number of nitrogens with zero attached hydrogens (tertiary/aromatic N) is 1. The molecule has 0 spiro atoms. The molecule has 0 amide bonds. The summed E-state index contributed by atoms with van der Waals surface area (Å²) in [4.78, 5) is 2.86. The van der Waals surface area contributed by atoms with Gasteiger partial charge in [-0.25, -0.2) is 0 Å². The van der Waals surface area contributed by atoms with Crippen molar-refractivity contribution in [2.24, 2.45) is 11.8 Å². The van der Waals surface area contributed by atoms with Crippen LogP contribution >= 0.6 is 0 Å². The Morgan fingerprint density at radius 1 is 1.05 bits per heavy atom. The summed E-state index contributed by atoms with van der Waals surface area (Å²) in [6, 6.07) is 1.66. The molecule has 2 heteroatoms. The van der Waals surface area contributed by atoms with E-state index in [1.165, 1.54) is 77.4 Å². The van der Waals surface area contributed by atoms with Gasteiger partial charge in [-0.1, -0.05) is 33.6 Å². The Morgan fingerprint density at radius 3 is 2.67 bits per heavy atom. The summed E-state index contributed by atoms with van der Waals surface area (Å²) < 4.78 is 0. The fraction of sp³-hybridized carbons (Fsp3) is 1.00. The quantitative estimate of drug-likeness (QED) is 0.746. The van der Waals surface area contributed by atoms with E-state index in [2.05, 4.69) is 31.0 Å². The zero-order valence-electron chi connectivity index (χ0n) is 14.7. The van der Waals surface area contributed by atoms with Gasteiger partial charge in [-0.15, -0.1) is 0 Å². The third-order valence-electron chi connectivity index (χ3n) is 5.74. The van der Waals surface area contributed by atoms with Crippen molar-refractivity contribution in [2.75, 3.05) is 19.6 Å². The van der Waals surface area contributed by atoms with Gasteiger partial charge in [0, 0.05) is 18.6 Å². The van der Waals surface area contributed by atoms with Gasteiger partial charge in [-0.05, 0) is 69.9 Å². The third kappa shape index (κ3) is 5.25. The monoisotopic (exact) mass is 294 g/mol. The molecule has 1 aliphatic carbocycles. The van der Waals surface area contributed by atoms with Gasteiger partial charge in [0.1, 0.15) is 0 Å². The molecule has 0 aromatic heterocycles. The van der Waals surface area contributed by atoms with Crippen molar-refractivity contribution < 1.29 is 0 Å². The van der Waals surface area contributed by atoms with Gasteiger partial charge in [-0.2, -0.15) is 0 Å². The Bertz CT molecular complexity index is 275. The van der Waals surface area contributed by atoms with Gasteiger partial charge in [-0.3, -0.25) is 0 Å². The van der Waals surface area contributed by atoms with Crippen LogP contribution in [-0.4, -0.2) is 36.6 Å². The van der Waals surface area contributed by atoms with E-state index < -0.39 is 0 Å². The van der Waals surface area contributed by atoms with Crippen molar-refractivity contribution in [3.63, 3.8) is 0 Å². The zero-order chi connectivity index (χ0) is 15.1. The highest BCUT2D eigenvalue weighted by atomic mass is 15.2. The Morgan fingerprint density at radius 2 is 1.90 bits per heavy atom. The van der Waals surface area contributed by atoms with Gasteiger partial charge in [0.2, 0.25) is 0 Å². The van der Waals surface area contributed by atoms with Crippen LogP contribution < -0.4 is 5.32 Å². The van der Waals surface area contributed by atoms with Gasteiger partial charge >= 0.3 is 0 Å². The van der Waals surface area contributed by atoms with E-state index in [-0.39, 0.29) is 0 Å². The largest absolute Gasteiger partial charge is 0.314 e.